The third-order valence-corrected chi connectivity index (χ3v) is 6.67. The predicted octanol–water partition coefficient (Wildman–Crippen LogP) is -0.575. The summed E-state index contributed by atoms with van der Waals surface area (Å²) >= 11 is 0. The van der Waals surface area contributed by atoms with E-state index in [2.05, 4.69) is 20.4 Å². The van der Waals surface area contributed by atoms with Crippen molar-refractivity contribution in [2.45, 2.75) is 25.4 Å². The minimum Gasteiger partial charge on any atom is -0.314 e. The fourth-order valence-electron chi connectivity index (χ4n) is 5.05. The van der Waals surface area contributed by atoms with E-state index in [1.165, 1.54) is 0 Å². The molecule has 0 saturated carbocycles. The number of rotatable bonds is 5. The third kappa shape index (κ3) is 3.88. The zero-order valence-electron chi connectivity index (χ0n) is 17.4. The molecule has 9 nitrogen and oxygen atoms in total. The van der Waals surface area contributed by atoms with Gasteiger partial charge in [-0.15, -0.1) is 0 Å². The highest BCUT2D eigenvalue weighted by Gasteiger charge is 2.44. The molecular formula is C22H27N5O4. The SMILES string of the molecule is O=C1CCC(N2C(=O)c3ccc(CN4CC(CN5CCNCC5)C4)cc3C2=O)C(=O)N1. The molecule has 1 aromatic rings. The molecule has 0 spiro atoms. The molecule has 3 fully saturated rings. The van der Waals surface area contributed by atoms with Gasteiger partial charge in [0.15, 0.2) is 0 Å². The monoisotopic (exact) mass is 425 g/mol. The van der Waals surface area contributed by atoms with Crippen molar-refractivity contribution < 1.29 is 19.2 Å². The minimum absolute atomic E-state index is 0.124. The van der Waals surface area contributed by atoms with Gasteiger partial charge in [0.05, 0.1) is 11.1 Å². The van der Waals surface area contributed by atoms with Crippen molar-refractivity contribution in [3.63, 3.8) is 0 Å². The first-order valence-corrected chi connectivity index (χ1v) is 11.0. The Hall–Kier alpha value is -2.62. The van der Waals surface area contributed by atoms with Crippen LogP contribution in [0, 0.1) is 5.92 Å². The molecule has 4 aliphatic rings. The molecule has 4 amide bonds. The Kier molecular flexibility index (Phi) is 5.33. The average Bonchev–Trinajstić information content (AvgIpc) is 2.97. The van der Waals surface area contributed by atoms with Crippen LogP contribution < -0.4 is 10.6 Å². The number of carbonyl (C=O) groups excluding carboxylic acids is 4. The number of piperazine rings is 1. The van der Waals surface area contributed by atoms with Crippen LogP contribution in [0.1, 0.15) is 39.1 Å². The van der Waals surface area contributed by atoms with Gasteiger partial charge in [-0.25, -0.2) is 0 Å². The summed E-state index contributed by atoms with van der Waals surface area (Å²) in [6.07, 6.45) is 0.296. The second kappa shape index (κ2) is 8.14. The van der Waals surface area contributed by atoms with Gasteiger partial charge in [0.25, 0.3) is 11.8 Å². The van der Waals surface area contributed by atoms with Crippen LogP contribution in [0.5, 0.6) is 0 Å². The van der Waals surface area contributed by atoms with Gasteiger partial charge in [-0.2, -0.15) is 0 Å². The second-order valence-corrected chi connectivity index (χ2v) is 8.94. The van der Waals surface area contributed by atoms with Gasteiger partial charge >= 0.3 is 0 Å². The lowest BCUT2D eigenvalue weighted by atomic mass is 9.97. The number of fused-ring (bicyclic) bond motifs is 1. The smallest absolute Gasteiger partial charge is 0.262 e. The average molecular weight is 425 g/mol. The summed E-state index contributed by atoms with van der Waals surface area (Å²) in [5.41, 5.74) is 1.68. The molecule has 1 atom stereocenters. The van der Waals surface area contributed by atoms with Crippen molar-refractivity contribution in [2.24, 2.45) is 5.92 Å². The number of likely N-dealkylation sites (tertiary alicyclic amines) is 1. The summed E-state index contributed by atoms with van der Waals surface area (Å²) in [6.45, 7) is 8.30. The highest BCUT2D eigenvalue weighted by molar-refractivity contribution is 6.23. The van der Waals surface area contributed by atoms with Gasteiger partial charge in [0, 0.05) is 58.8 Å². The van der Waals surface area contributed by atoms with Gasteiger partial charge in [-0.1, -0.05) is 6.07 Å². The first kappa shape index (κ1) is 20.3. The molecular weight excluding hydrogens is 398 g/mol. The van der Waals surface area contributed by atoms with Gasteiger partial charge in [0.2, 0.25) is 11.8 Å². The fraction of sp³-hybridized carbons (Fsp3) is 0.545. The van der Waals surface area contributed by atoms with E-state index in [1.807, 2.05) is 6.07 Å². The van der Waals surface area contributed by atoms with Crippen molar-refractivity contribution in [3.05, 3.63) is 34.9 Å². The summed E-state index contributed by atoms with van der Waals surface area (Å²) in [6, 6.07) is 4.44. The van der Waals surface area contributed by atoms with E-state index >= 15 is 0 Å². The number of nitrogens with one attached hydrogen (secondary N) is 2. The lowest BCUT2D eigenvalue weighted by Crippen LogP contribution is -2.54. The molecule has 4 aliphatic heterocycles. The van der Waals surface area contributed by atoms with Gasteiger partial charge < -0.3 is 10.2 Å². The summed E-state index contributed by atoms with van der Waals surface area (Å²) in [7, 11) is 0. The molecule has 0 bridgehead atoms. The first-order valence-electron chi connectivity index (χ1n) is 11.0. The van der Waals surface area contributed by atoms with Crippen LogP contribution in [-0.2, 0) is 16.1 Å². The van der Waals surface area contributed by atoms with Crippen molar-refractivity contribution in [2.75, 3.05) is 45.8 Å². The molecule has 1 aromatic carbocycles. The van der Waals surface area contributed by atoms with E-state index in [0.29, 0.717) is 17.0 Å². The molecule has 0 radical (unpaired) electrons. The van der Waals surface area contributed by atoms with E-state index in [9.17, 15) is 19.2 Å². The zero-order valence-corrected chi connectivity index (χ0v) is 17.4. The van der Waals surface area contributed by atoms with Crippen LogP contribution in [-0.4, -0.2) is 90.2 Å². The molecule has 0 aliphatic carbocycles. The van der Waals surface area contributed by atoms with Crippen LogP contribution in [0.15, 0.2) is 18.2 Å². The van der Waals surface area contributed by atoms with Crippen LogP contribution >= 0.6 is 0 Å². The third-order valence-electron chi connectivity index (χ3n) is 6.67. The Bertz CT molecular complexity index is 936. The number of piperidine rings is 1. The van der Waals surface area contributed by atoms with E-state index < -0.39 is 23.8 Å². The van der Waals surface area contributed by atoms with Crippen molar-refractivity contribution >= 4 is 23.6 Å². The highest BCUT2D eigenvalue weighted by Crippen LogP contribution is 2.29. The molecule has 1 unspecified atom stereocenters. The quantitative estimate of drug-likeness (QED) is 0.609. The van der Waals surface area contributed by atoms with E-state index in [-0.39, 0.29) is 18.7 Å². The summed E-state index contributed by atoms with van der Waals surface area (Å²) in [5.74, 6) is -1.18. The minimum atomic E-state index is -0.922. The standard InChI is InChI=1S/C22H27N5O4/c28-19-4-3-18(20(29)24-19)27-21(30)16-2-1-14(9-17(16)22(27)31)10-26-12-15(13-26)11-25-7-5-23-6-8-25/h1-2,9,15,18,23H,3-8,10-13H2,(H,24,28,29). The molecule has 4 heterocycles. The Morgan fingerprint density at radius 1 is 0.935 bits per heavy atom. The van der Waals surface area contributed by atoms with Crippen molar-refractivity contribution in [3.8, 4) is 0 Å². The second-order valence-electron chi connectivity index (χ2n) is 8.94. The maximum absolute atomic E-state index is 12.9. The van der Waals surface area contributed by atoms with Crippen LogP contribution in [0.3, 0.4) is 0 Å². The molecule has 2 N–H and O–H groups in total. The van der Waals surface area contributed by atoms with Crippen molar-refractivity contribution in [1.29, 1.82) is 0 Å². The van der Waals surface area contributed by atoms with Crippen LogP contribution in [0.4, 0.5) is 0 Å². The lowest BCUT2D eigenvalue weighted by molar-refractivity contribution is -0.136. The summed E-state index contributed by atoms with van der Waals surface area (Å²) in [5, 5.41) is 5.60. The number of amides is 4. The van der Waals surface area contributed by atoms with Crippen molar-refractivity contribution in [1.82, 2.24) is 25.3 Å². The zero-order chi connectivity index (χ0) is 21.5. The van der Waals surface area contributed by atoms with Gasteiger partial charge in [0.1, 0.15) is 6.04 Å². The molecule has 5 rings (SSSR count). The molecule has 164 valence electrons. The maximum atomic E-state index is 12.9. The maximum Gasteiger partial charge on any atom is 0.262 e. The Balaban J connectivity index is 1.21. The number of carbonyl (C=O) groups is 4. The molecule has 9 heteroatoms. The number of hydrogen-bond acceptors (Lipinski definition) is 7. The largest absolute Gasteiger partial charge is 0.314 e. The normalized spacial score (nSPS) is 25.5. The van der Waals surface area contributed by atoms with E-state index in [1.54, 1.807) is 12.1 Å². The summed E-state index contributed by atoms with van der Waals surface area (Å²) < 4.78 is 0. The number of hydrogen-bond donors (Lipinski definition) is 2. The van der Waals surface area contributed by atoms with Crippen LogP contribution in [0.25, 0.3) is 0 Å². The summed E-state index contributed by atoms with van der Waals surface area (Å²) in [4.78, 5) is 55.2. The Morgan fingerprint density at radius 3 is 2.42 bits per heavy atom. The predicted molar refractivity (Wildman–Crippen MR) is 111 cm³/mol. The molecule has 31 heavy (non-hydrogen) atoms. The lowest BCUT2D eigenvalue weighted by Gasteiger charge is -2.42. The highest BCUT2D eigenvalue weighted by atomic mass is 16.2. The number of benzene rings is 1. The van der Waals surface area contributed by atoms with Gasteiger partial charge in [-0.05, 0) is 30.0 Å². The van der Waals surface area contributed by atoms with E-state index in [4.69, 9.17) is 0 Å². The first-order chi connectivity index (χ1) is 15.0. The van der Waals surface area contributed by atoms with Crippen LogP contribution in [0.2, 0.25) is 0 Å². The molecule has 3 saturated heterocycles. The van der Waals surface area contributed by atoms with E-state index in [0.717, 1.165) is 62.8 Å². The Morgan fingerprint density at radius 2 is 1.68 bits per heavy atom. The Labute approximate surface area is 180 Å². The number of nitrogens with zero attached hydrogens (tertiary/aromatic N) is 3. The van der Waals surface area contributed by atoms with Gasteiger partial charge in [-0.3, -0.25) is 34.3 Å². The topological polar surface area (TPSA) is 102 Å². The fourth-order valence-corrected chi connectivity index (χ4v) is 5.05. The molecule has 0 aromatic heterocycles. The number of imide groups is 2.